The molecule has 3 aromatic carbocycles. The van der Waals surface area contributed by atoms with E-state index in [4.69, 9.17) is 9.47 Å². The molecule has 0 atom stereocenters. The van der Waals surface area contributed by atoms with E-state index in [1.54, 1.807) is 43.3 Å². The number of fused-ring (bicyclic) bond motifs is 1. The van der Waals surface area contributed by atoms with Crippen molar-refractivity contribution in [3.05, 3.63) is 83.4 Å². The van der Waals surface area contributed by atoms with Gasteiger partial charge < -0.3 is 9.47 Å². The lowest BCUT2D eigenvalue weighted by molar-refractivity contribution is -0.145. The summed E-state index contributed by atoms with van der Waals surface area (Å²) in [6.45, 7) is 1.72. The predicted molar refractivity (Wildman–Crippen MR) is 110 cm³/mol. The predicted octanol–water partition coefficient (Wildman–Crippen LogP) is 4.57. The number of Topliss-reactive ketones (excluding diaryl/α,β-unsaturated/α-hetero) is 1. The average molecular weight is 385 g/mol. The number of hydrogen-bond acceptors (Lipinski definition) is 5. The summed E-state index contributed by atoms with van der Waals surface area (Å²) in [5.41, 5.74) is 0.969. The van der Waals surface area contributed by atoms with Crippen LogP contribution in [-0.4, -0.2) is 25.0 Å². The Labute approximate surface area is 168 Å². The molecule has 3 aromatic rings. The molecule has 0 aliphatic rings. The zero-order chi connectivity index (χ0) is 20.6. The van der Waals surface area contributed by atoms with Crippen LogP contribution in [0.1, 0.15) is 22.8 Å². The van der Waals surface area contributed by atoms with Gasteiger partial charge in [-0.05, 0) is 29.8 Å². The molecule has 0 fully saturated rings. The third-order valence-corrected chi connectivity index (χ3v) is 4.27. The monoisotopic (exact) mass is 385 g/mol. The van der Waals surface area contributed by atoms with Crippen LogP contribution >= 0.6 is 0 Å². The van der Waals surface area contributed by atoms with E-state index in [1.165, 1.54) is 6.08 Å². The number of benzene rings is 3. The molecule has 5 heteroatoms. The second-order valence-corrected chi connectivity index (χ2v) is 6.16. The Hall–Kier alpha value is -3.91. The van der Waals surface area contributed by atoms with Crippen LogP contribution in [0.5, 0.6) is 5.75 Å². The Bertz CT molecular complexity index is 1110. The highest BCUT2D eigenvalue weighted by Crippen LogP contribution is 2.31. The number of carbonyl (C=O) groups excluding carboxylic acids is 2. The number of allylic oxidation sites excluding steroid dienone is 1. The van der Waals surface area contributed by atoms with E-state index in [1.807, 2.05) is 36.4 Å². The summed E-state index contributed by atoms with van der Waals surface area (Å²) in [5, 5.41) is 11.3. The van der Waals surface area contributed by atoms with Gasteiger partial charge in [-0.25, -0.2) is 4.79 Å². The van der Waals surface area contributed by atoms with Crippen molar-refractivity contribution in [2.24, 2.45) is 0 Å². The van der Waals surface area contributed by atoms with Crippen LogP contribution in [0.4, 0.5) is 0 Å². The minimum Gasteiger partial charge on any atom is -0.481 e. The van der Waals surface area contributed by atoms with Crippen LogP contribution in [0.25, 0.3) is 16.8 Å². The number of hydrogen-bond donors (Lipinski definition) is 0. The first-order valence-corrected chi connectivity index (χ1v) is 9.15. The molecule has 29 heavy (non-hydrogen) atoms. The maximum atomic E-state index is 12.8. The average Bonchev–Trinajstić information content (AvgIpc) is 2.76. The van der Waals surface area contributed by atoms with Gasteiger partial charge in [0, 0.05) is 11.1 Å². The van der Waals surface area contributed by atoms with Gasteiger partial charge in [0.25, 0.3) is 0 Å². The van der Waals surface area contributed by atoms with E-state index < -0.39 is 5.97 Å². The number of nitrogens with zero attached hydrogens (tertiary/aromatic N) is 1. The molecule has 0 bridgehead atoms. The van der Waals surface area contributed by atoms with Gasteiger partial charge in [0.05, 0.1) is 6.61 Å². The second kappa shape index (κ2) is 9.34. The molecule has 0 N–H and O–H groups in total. The van der Waals surface area contributed by atoms with Gasteiger partial charge in [-0.2, -0.15) is 5.26 Å². The highest BCUT2D eigenvalue weighted by Gasteiger charge is 2.15. The van der Waals surface area contributed by atoms with Crippen LogP contribution < -0.4 is 4.74 Å². The van der Waals surface area contributed by atoms with Crippen molar-refractivity contribution in [2.45, 2.75) is 6.92 Å². The lowest BCUT2D eigenvalue weighted by Crippen LogP contribution is -2.15. The molecule has 144 valence electrons. The number of ketones is 1. The van der Waals surface area contributed by atoms with E-state index in [9.17, 15) is 14.9 Å². The summed E-state index contributed by atoms with van der Waals surface area (Å²) >= 11 is 0. The zero-order valence-electron chi connectivity index (χ0n) is 15.9. The maximum absolute atomic E-state index is 12.8. The Morgan fingerprint density at radius 2 is 1.72 bits per heavy atom. The van der Waals surface area contributed by atoms with E-state index in [0.29, 0.717) is 16.9 Å². The van der Waals surface area contributed by atoms with E-state index in [0.717, 1.165) is 10.8 Å². The SMILES string of the molecule is CCOC(=O)COc1ccc2ccccc2c1/C=C(\C#N)C(=O)c1ccccc1. The number of nitriles is 1. The van der Waals surface area contributed by atoms with Crippen LogP contribution in [0, 0.1) is 11.3 Å². The Morgan fingerprint density at radius 1 is 1.00 bits per heavy atom. The maximum Gasteiger partial charge on any atom is 0.344 e. The highest BCUT2D eigenvalue weighted by molar-refractivity contribution is 6.15. The molecular weight excluding hydrogens is 366 g/mol. The summed E-state index contributed by atoms with van der Waals surface area (Å²) in [6.07, 6.45) is 1.51. The van der Waals surface area contributed by atoms with Crippen molar-refractivity contribution in [1.29, 1.82) is 5.26 Å². The quantitative estimate of drug-likeness (QED) is 0.258. The minimum atomic E-state index is -0.489. The molecule has 3 rings (SSSR count). The number of rotatable bonds is 7. The normalized spacial score (nSPS) is 11.0. The van der Waals surface area contributed by atoms with Crippen LogP contribution in [0.3, 0.4) is 0 Å². The zero-order valence-corrected chi connectivity index (χ0v) is 15.9. The highest BCUT2D eigenvalue weighted by atomic mass is 16.6. The molecule has 0 saturated carbocycles. The van der Waals surface area contributed by atoms with Crippen LogP contribution in [-0.2, 0) is 9.53 Å². The van der Waals surface area contributed by atoms with Crippen molar-refractivity contribution in [3.8, 4) is 11.8 Å². The molecule has 0 radical (unpaired) electrons. The molecule has 0 saturated heterocycles. The largest absolute Gasteiger partial charge is 0.481 e. The first-order valence-electron chi connectivity index (χ1n) is 9.15. The van der Waals surface area contributed by atoms with Gasteiger partial charge in [0.15, 0.2) is 6.61 Å². The van der Waals surface area contributed by atoms with E-state index >= 15 is 0 Å². The van der Waals surface area contributed by atoms with Crippen molar-refractivity contribution >= 4 is 28.6 Å². The molecule has 0 unspecified atom stereocenters. The topological polar surface area (TPSA) is 76.4 Å². The first kappa shape index (κ1) is 19.8. The van der Waals surface area contributed by atoms with E-state index in [-0.39, 0.29) is 24.6 Å². The van der Waals surface area contributed by atoms with Crippen molar-refractivity contribution in [2.75, 3.05) is 13.2 Å². The molecule has 0 heterocycles. The lowest BCUT2D eigenvalue weighted by atomic mass is 9.98. The Morgan fingerprint density at radius 3 is 2.45 bits per heavy atom. The van der Waals surface area contributed by atoms with Gasteiger partial charge >= 0.3 is 5.97 Å². The van der Waals surface area contributed by atoms with E-state index in [2.05, 4.69) is 0 Å². The number of esters is 1. The summed E-state index contributed by atoms with van der Waals surface area (Å²) in [4.78, 5) is 24.5. The number of ether oxygens (including phenoxy) is 2. The fraction of sp³-hybridized carbons (Fsp3) is 0.125. The molecule has 0 amide bonds. The van der Waals surface area contributed by atoms with Gasteiger partial charge in [0.1, 0.15) is 17.4 Å². The summed E-state index contributed by atoms with van der Waals surface area (Å²) in [5.74, 6) is -0.473. The molecule has 5 nitrogen and oxygen atoms in total. The standard InChI is InChI=1S/C24H19NO4/c1-2-28-23(26)16-29-22-13-12-17-8-6-7-11-20(17)21(22)14-19(15-25)24(27)18-9-4-3-5-10-18/h3-14H,2,16H2,1H3/b19-14+. The summed E-state index contributed by atoms with van der Waals surface area (Å²) < 4.78 is 10.6. The number of carbonyl (C=O) groups is 2. The molecule has 0 aromatic heterocycles. The van der Waals surface area contributed by atoms with Gasteiger partial charge in [-0.15, -0.1) is 0 Å². The van der Waals surface area contributed by atoms with Gasteiger partial charge in [0.2, 0.25) is 5.78 Å². The second-order valence-electron chi connectivity index (χ2n) is 6.16. The molecular formula is C24H19NO4. The van der Waals surface area contributed by atoms with Crippen LogP contribution in [0.2, 0.25) is 0 Å². The minimum absolute atomic E-state index is 0.0199. The van der Waals surface area contributed by atoms with Crippen molar-refractivity contribution < 1.29 is 19.1 Å². The van der Waals surface area contributed by atoms with Gasteiger partial charge in [-0.3, -0.25) is 4.79 Å². The molecule has 0 spiro atoms. The van der Waals surface area contributed by atoms with Crippen LogP contribution in [0.15, 0.2) is 72.3 Å². The fourth-order valence-electron chi connectivity index (χ4n) is 2.93. The summed E-state index contributed by atoms with van der Waals surface area (Å²) in [7, 11) is 0. The Balaban J connectivity index is 2.06. The lowest BCUT2D eigenvalue weighted by Gasteiger charge is -2.12. The molecule has 0 aliphatic heterocycles. The summed E-state index contributed by atoms with van der Waals surface area (Å²) in [6, 6.07) is 21.7. The molecule has 0 aliphatic carbocycles. The third-order valence-electron chi connectivity index (χ3n) is 4.27. The van der Waals surface area contributed by atoms with Gasteiger partial charge in [-0.1, -0.05) is 60.7 Å². The Kier molecular flexibility index (Phi) is 6.39. The fourth-order valence-corrected chi connectivity index (χ4v) is 2.93. The van der Waals surface area contributed by atoms with Crippen molar-refractivity contribution in [1.82, 2.24) is 0 Å². The first-order chi connectivity index (χ1) is 14.1. The van der Waals surface area contributed by atoms with Crippen molar-refractivity contribution in [3.63, 3.8) is 0 Å². The third kappa shape index (κ3) is 4.69. The smallest absolute Gasteiger partial charge is 0.344 e.